The molecule has 1 heterocycles. The second kappa shape index (κ2) is 6.00. The molecule has 0 bridgehead atoms. The van der Waals surface area contributed by atoms with Crippen LogP contribution in [0.15, 0.2) is 18.6 Å². The van der Waals surface area contributed by atoms with Crippen molar-refractivity contribution < 1.29 is 18.0 Å². The van der Waals surface area contributed by atoms with Crippen LogP contribution in [-0.4, -0.2) is 27.0 Å². The molecule has 0 aliphatic heterocycles. The molecule has 0 aromatic carbocycles. The summed E-state index contributed by atoms with van der Waals surface area (Å²) in [7, 11) is 0. The fourth-order valence-corrected chi connectivity index (χ4v) is 1.93. The quantitative estimate of drug-likeness (QED) is 0.838. The number of alkyl halides is 3. The molecule has 1 rings (SSSR count). The van der Waals surface area contributed by atoms with E-state index in [4.69, 9.17) is 0 Å². The highest BCUT2D eigenvalue weighted by molar-refractivity contribution is 8.13. The number of aromatic nitrogens is 2. The Hall–Kier alpha value is -1.11. The maximum Gasteiger partial charge on any atom is 0.397 e. The molecule has 17 heavy (non-hydrogen) atoms. The average molecular weight is 264 g/mol. The topological polar surface area (TPSA) is 42.9 Å². The molecule has 0 amide bonds. The number of thioether (sulfide) groups is 1. The lowest BCUT2D eigenvalue weighted by Crippen LogP contribution is -2.22. The molecule has 0 fully saturated rings. The van der Waals surface area contributed by atoms with Crippen LogP contribution in [0, 0.1) is 0 Å². The van der Waals surface area contributed by atoms with E-state index in [1.807, 2.05) is 0 Å². The van der Waals surface area contributed by atoms with Crippen molar-refractivity contribution in [3.63, 3.8) is 0 Å². The average Bonchev–Trinajstić information content (AvgIpc) is 2.23. The summed E-state index contributed by atoms with van der Waals surface area (Å²) in [5.41, 5.74) is -0.107. The number of hydrogen-bond donors (Lipinski definition) is 0. The van der Waals surface area contributed by atoms with Gasteiger partial charge in [-0.05, 0) is 6.42 Å². The molecular weight excluding hydrogens is 253 g/mol. The summed E-state index contributed by atoms with van der Waals surface area (Å²) in [6.45, 7) is 1.33. The van der Waals surface area contributed by atoms with E-state index in [1.165, 1.54) is 19.3 Å². The summed E-state index contributed by atoms with van der Waals surface area (Å²) in [5, 5.41) is -0.190. The van der Waals surface area contributed by atoms with E-state index in [9.17, 15) is 18.0 Å². The maximum absolute atomic E-state index is 12.8. The lowest BCUT2D eigenvalue weighted by molar-refractivity contribution is -0.151. The molecule has 3 nitrogen and oxygen atoms in total. The van der Waals surface area contributed by atoms with Crippen molar-refractivity contribution in [2.24, 2.45) is 0 Å². The van der Waals surface area contributed by atoms with Crippen LogP contribution in [-0.2, 0) is 4.79 Å². The van der Waals surface area contributed by atoms with Crippen molar-refractivity contribution in [3.05, 3.63) is 24.3 Å². The molecule has 0 saturated heterocycles. The van der Waals surface area contributed by atoms with Crippen molar-refractivity contribution in [3.8, 4) is 0 Å². The molecule has 1 atom stereocenters. The van der Waals surface area contributed by atoms with Crippen LogP contribution in [0.3, 0.4) is 0 Å². The summed E-state index contributed by atoms with van der Waals surface area (Å²) in [6, 6.07) is 0. The molecule has 1 aromatic rings. The highest BCUT2D eigenvalue weighted by atomic mass is 32.2. The van der Waals surface area contributed by atoms with Crippen molar-refractivity contribution in [2.75, 3.05) is 5.75 Å². The first-order chi connectivity index (χ1) is 7.91. The van der Waals surface area contributed by atoms with Gasteiger partial charge in [0, 0.05) is 31.3 Å². The van der Waals surface area contributed by atoms with Crippen molar-refractivity contribution in [2.45, 2.75) is 25.4 Å². The Morgan fingerprint density at radius 1 is 1.47 bits per heavy atom. The van der Waals surface area contributed by atoms with Gasteiger partial charge in [-0.25, -0.2) is 0 Å². The predicted octanol–water partition coefficient (Wildman–Crippen LogP) is 2.79. The van der Waals surface area contributed by atoms with Gasteiger partial charge in [0.05, 0.1) is 11.6 Å². The third kappa shape index (κ3) is 4.72. The minimum Gasteiger partial charge on any atom is -0.288 e. The van der Waals surface area contributed by atoms with Gasteiger partial charge >= 0.3 is 6.18 Å². The van der Waals surface area contributed by atoms with E-state index in [-0.39, 0.29) is 23.0 Å². The summed E-state index contributed by atoms with van der Waals surface area (Å²) < 4.78 is 38.3. The van der Waals surface area contributed by atoms with Crippen LogP contribution in [0.4, 0.5) is 13.2 Å². The lowest BCUT2D eigenvalue weighted by atomic mass is 10.0. The first-order valence-corrected chi connectivity index (χ1v) is 5.86. The van der Waals surface area contributed by atoms with Gasteiger partial charge in [-0.2, -0.15) is 13.2 Å². The summed E-state index contributed by atoms with van der Waals surface area (Å²) in [4.78, 5) is 18.0. The number of halogens is 3. The van der Waals surface area contributed by atoms with Gasteiger partial charge in [0.1, 0.15) is 0 Å². The molecule has 0 saturated carbocycles. The molecular formula is C10H11F3N2OS. The van der Waals surface area contributed by atoms with Gasteiger partial charge in [-0.1, -0.05) is 11.8 Å². The van der Waals surface area contributed by atoms with Gasteiger partial charge in [-0.3, -0.25) is 14.8 Å². The van der Waals surface area contributed by atoms with Crippen LogP contribution in [0.2, 0.25) is 0 Å². The van der Waals surface area contributed by atoms with Crippen LogP contribution in [0.5, 0.6) is 0 Å². The van der Waals surface area contributed by atoms with E-state index in [0.717, 1.165) is 18.0 Å². The van der Waals surface area contributed by atoms with Gasteiger partial charge < -0.3 is 0 Å². The zero-order valence-corrected chi connectivity index (χ0v) is 9.88. The second-order valence-corrected chi connectivity index (χ2v) is 4.63. The third-order valence-electron chi connectivity index (χ3n) is 2.05. The highest BCUT2D eigenvalue weighted by Crippen LogP contribution is 2.36. The fraction of sp³-hybridized carbons (Fsp3) is 0.500. The van der Waals surface area contributed by atoms with Crippen LogP contribution in [0.1, 0.15) is 25.0 Å². The molecule has 7 heteroatoms. The Balaban J connectivity index is 2.72. The van der Waals surface area contributed by atoms with Gasteiger partial charge in [0.2, 0.25) is 0 Å². The SMILES string of the molecule is CC(=O)SCCC(c1cnccn1)C(F)(F)F. The van der Waals surface area contributed by atoms with E-state index in [2.05, 4.69) is 9.97 Å². The van der Waals surface area contributed by atoms with Crippen molar-refractivity contribution >= 4 is 16.9 Å². The maximum atomic E-state index is 12.8. The fourth-order valence-electron chi connectivity index (χ4n) is 1.29. The molecule has 94 valence electrons. The summed E-state index contributed by atoms with van der Waals surface area (Å²) in [5.74, 6) is -1.54. The van der Waals surface area contributed by atoms with Gasteiger partial charge in [-0.15, -0.1) is 0 Å². The van der Waals surface area contributed by atoms with E-state index >= 15 is 0 Å². The smallest absolute Gasteiger partial charge is 0.288 e. The Labute approximate surface area is 101 Å². The monoisotopic (exact) mass is 264 g/mol. The van der Waals surface area contributed by atoms with E-state index < -0.39 is 12.1 Å². The molecule has 0 spiro atoms. The Morgan fingerprint density at radius 3 is 2.65 bits per heavy atom. The van der Waals surface area contributed by atoms with E-state index in [1.54, 1.807) is 0 Å². The molecule has 0 radical (unpaired) electrons. The number of rotatable bonds is 4. The van der Waals surface area contributed by atoms with Crippen molar-refractivity contribution in [1.29, 1.82) is 0 Å². The standard InChI is InChI=1S/C10H11F3N2OS/c1-7(16)17-5-2-8(10(11,12)13)9-6-14-3-4-15-9/h3-4,6,8H,2,5H2,1H3. The largest absolute Gasteiger partial charge is 0.397 e. The van der Waals surface area contributed by atoms with Crippen LogP contribution in [0.25, 0.3) is 0 Å². The number of carbonyl (C=O) groups is 1. The predicted molar refractivity (Wildman–Crippen MR) is 58.6 cm³/mol. The third-order valence-corrected chi connectivity index (χ3v) is 2.89. The lowest BCUT2D eigenvalue weighted by Gasteiger charge is -2.18. The molecule has 0 aliphatic rings. The Kier molecular flexibility index (Phi) is 4.92. The normalized spacial score (nSPS) is 13.4. The highest BCUT2D eigenvalue weighted by Gasteiger charge is 2.41. The number of nitrogens with zero attached hydrogens (tertiary/aromatic N) is 2. The zero-order valence-electron chi connectivity index (χ0n) is 9.07. The molecule has 1 aromatic heterocycles. The summed E-state index contributed by atoms with van der Waals surface area (Å²) >= 11 is 0.883. The molecule has 0 N–H and O–H groups in total. The summed E-state index contributed by atoms with van der Waals surface area (Å²) in [6.07, 6.45) is -0.885. The Morgan fingerprint density at radius 2 is 2.18 bits per heavy atom. The minimum absolute atomic E-state index is 0.107. The van der Waals surface area contributed by atoms with Crippen LogP contribution >= 0.6 is 11.8 Å². The van der Waals surface area contributed by atoms with Gasteiger partial charge in [0.25, 0.3) is 0 Å². The first kappa shape index (κ1) is 14.0. The van der Waals surface area contributed by atoms with Crippen molar-refractivity contribution in [1.82, 2.24) is 9.97 Å². The number of carbonyl (C=O) groups excluding carboxylic acids is 1. The second-order valence-electron chi connectivity index (χ2n) is 3.35. The zero-order chi connectivity index (χ0) is 12.9. The Bertz CT molecular complexity index is 370. The first-order valence-electron chi connectivity index (χ1n) is 4.87. The number of hydrogen-bond acceptors (Lipinski definition) is 4. The van der Waals surface area contributed by atoms with Gasteiger partial charge in [0.15, 0.2) is 5.12 Å². The molecule has 0 aliphatic carbocycles. The molecule has 1 unspecified atom stereocenters. The minimum atomic E-state index is -4.37. The van der Waals surface area contributed by atoms with Crippen LogP contribution < -0.4 is 0 Å². The van der Waals surface area contributed by atoms with E-state index in [0.29, 0.717) is 0 Å².